The molecule has 0 unspecified atom stereocenters. The van der Waals surface area contributed by atoms with Gasteiger partial charge in [0.15, 0.2) is 5.96 Å². The molecule has 0 spiro atoms. The Balaban J connectivity index is 0.00000625. The van der Waals surface area contributed by atoms with Crippen molar-refractivity contribution in [3.8, 4) is 5.75 Å². The zero-order valence-electron chi connectivity index (χ0n) is 17.3. The van der Waals surface area contributed by atoms with E-state index < -0.39 is 0 Å². The Morgan fingerprint density at radius 1 is 1.23 bits per heavy atom. The Morgan fingerprint density at radius 2 is 1.96 bits per heavy atom. The first kappa shape index (κ1) is 25.0. The number of aliphatic imine (C=N–C) groups is 1. The second kappa shape index (κ2) is 14.1. The summed E-state index contributed by atoms with van der Waals surface area (Å²) in [5.74, 6) is 1.76. The van der Waals surface area contributed by atoms with Crippen molar-refractivity contribution in [2.24, 2.45) is 4.99 Å². The van der Waals surface area contributed by atoms with E-state index in [1.165, 1.54) is 12.0 Å². The molecule has 0 saturated heterocycles. The molecule has 0 aromatic heterocycles. The number of methoxy groups -OCH3 is 1. The SMILES string of the molecule is CCNC(=NCc1ccc(C)cc1OC)NCCCCN(C)C(C)C.I. The second-order valence-electron chi connectivity index (χ2n) is 6.72. The zero-order chi connectivity index (χ0) is 18.7. The summed E-state index contributed by atoms with van der Waals surface area (Å²) in [5, 5.41) is 6.73. The summed E-state index contributed by atoms with van der Waals surface area (Å²) < 4.78 is 5.46. The summed E-state index contributed by atoms with van der Waals surface area (Å²) in [6.07, 6.45) is 2.32. The molecule has 150 valence electrons. The van der Waals surface area contributed by atoms with Crippen LogP contribution in [0.4, 0.5) is 0 Å². The van der Waals surface area contributed by atoms with Crippen LogP contribution >= 0.6 is 24.0 Å². The van der Waals surface area contributed by atoms with Crippen LogP contribution in [0.5, 0.6) is 5.75 Å². The lowest BCUT2D eigenvalue weighted by Crippen LogP contribution is -2.38. The Morgan fingerprint density at radius 3 is 2.58 bits per heavy atom. The number of ether oxygens (including phenoxy) is 1. The first-order valence-electron chi connectivity index (χ1n) is 9.33. The highest BCUT2D eigenvalue weighted by atomic mass is 127. The summed E-state index contributed by atoms with van der Waals surface area (Å²) >= 11 is 0. The van der Waals surface area contributed by atoms with Crippen molar-refractivity contribution in [2.45, 2.75) is 53.1 Å². The van der Waals surface area contributed by atoms with Crippen molar-refractivity contribution in [1.82, 2.24) is 15.5 Å². The normalized spacial score (nSPS) is 11.5. The van der Waals surface area contributed by atoms with Gasteiger partial charge in [-0.2, -0.15) is 0 Å². The maximum absolute atomic E-state index is 5.46. The van der Waals surface area contributed by atoms with Crippen LogP contribution in [-0.2, 0) is 6.54 Å². The van der Waals surface area contributed by atoms with Crippen LogP contribution < -0.4 is 15.4 Å². The van der Waals surface area contributed by atoms with Crippen LogP contribution in [0.3, 0.4) is 0 Å². The van der Waals surface area contributed by atoms with Crippen molar-refractivity contribution < 1.29 is 4.74 Å². The summed E-state index contributed by atoms with van der Waals surface area (Å²) in [6.45, 7) is 12.1. The molecule has 0 atom stereocenters. The van der Waals surface area contributed by atoms with E-state index in [2.05, 4.69) is 73.5 Å². The summed E-state index contributed by atoms with van der Waals surface area (Å²) in [4.78, 5) is 7.06. The van der Waals surface area contributed by atoms with E-state index in [9.17, 15) is 0 Å². The number of halogens is 1. The minimum absolute atomic E-state index is 0. The quantitative estimate of drug-likeness (QED) is 0.234. The van der Waals surface area contributed by atoms with Crippen molar-refractivity contribution in [3.63, 3.8) is 0 Å². The molecule has 0 heterocycles. The molecule has 6 heteroatoms. The van der Waals surface area contributed by atoms with Gasteiger partial charge in [0.05, 0.1) is 13.7 Å². The molecule has 0 amide bonds. The lowest BCUT2D eigenvalue weighted by atomic mass is 10.1. The van der Waals surface area contributed by atoms with Gasteiger partial charge in [0.25, 0.3) is 0 Å². The van der Waals surface area contributed by atoms with Crippen LogP contribution in [0.2, 0.25) is 0 Å². The number of guanidine groups is 1. The lowest BCUT2D eigenvalue weighted by molar-refractivity contribution is 0.268. The summed E-state index contributed by atoms with van der Waals surface area (Å²) in [6, 6.07) is 6.84. The molecule has 1 aromatic carbocycles. The summed E-state index contributed by atoms with van der Waals surface area (Å²) in [5.41, 5.74) is 2.30. The Hall–Kier alpha value is -1.02. The number of benzene rings is 1. The first-order chi connectivity index (χ1) is 12.0. The van der Waals surface area contributed by atoms with Gasteiger partial charge in [-0.05, 0) is 65.8 Å². The van der Waals surface area contributed by atoms with Gasteiger partial charge in [-0.1, -0.05) is 12.1 Å². The Bertz CT molecular complexity index is 535. The molecule has 0 aliphatic rings. The van der Waals surface area contributed by atoms with E-state index in [1.54, 1.807) is 7.11 Å². The predicted octanol–water partition coefficient (Wildman–Crippen LogP) is 3.80. The fourth-order valence-electron chi connectivity index (χ4n) is 2.44. The van der Waals surface area contributed by atoms with Crippen molar-refractivity contribution in [1.29, 1.82) is 0 Å². The third-order valence-corrected chi connectivity index (χ3v) is 4.31. The maximum atomic E-state index is 5.46. The second-order valence-corrected chi connectivity index (χ2v) is 6.72. The van der Waals surface area contributed by atoms with Gasteiger partial charge in [0, 0.05) is 24.7 Å². The molecule has 0 aliphatic carbocycles. The highest BCUT2D eigenvalue weighted by Crippen LogP contribution is 2.20. The minimum atomic E-state index is 0. The van der Waals surface area contributed by atoms with Gasteiger partial charge in [-0.25, -0.2) is 4.99 Å². The van der Waals surface area contributed by atoms with Gasteiger partial charge < -0.3 is 20.3 Å². The van der Waals surface area contributed by atoms with E-state index in [0.29, 0.717) is 12.6 Å². The van der Waals surface area contributed by atoms with Gasteiger partial charge in [0.2, 0.25) is 0 Å². The molecule has 0 saturated carbocycles. The number of rotatable bonds is 10. The van der Waals surface area contributed by atoms with Crippen LogP contribution in [-0.4, -0.2) is 50.7 Å². The highest BCUT2D eigenvalue weighted by Gasteiger charge is 2.04. The number of nitrogens with zero attached hydrogens (tertiary/aromatic N) is 2. The third kappa shape index (κ3) is 9.62. The molecule has 5 nitrogen and oxygen atoms in total. The molecule has 0 bridgehead atoms. The standard InChI is InChI=1S/C20H36N4O.HI/c1-7-21-20(22-12-8-9-13-24(5)16(2)3)23-15-18-11-10-17(4)14-19(18)25-6;/h10-11,14,16H,7-9,12-13,15H2,1-6H3,(H2,21,22,23);1H. The summed E-state index contributed by atoms with van der Waals surface area (Å²) in [7, 11) is 3.89. The number of hydrogen-bond donors (Lipinski definition) is 2. The van der Waals surface area contributed by atoms with Crippen molar-refractivity contribution in [2.75, 3.05) is 33.8 Å². The molecule has 2 N–H and O–H groups in total. The average Bonchev–Trinajstić information content (AvgIpc) is 2.59. The van der Waals surface area contributed by atoms with Gasteiger partial charge in [-0.3, -0.25) is 0 Å². The monoisotopic (exact) mass is 476 g/mol. The molecule has 1 rings (SSSR count). The fourth-order valence-corrected chi connectivity index (χ4v) is 2.44. The number of unbranched alkanes of at least 4 members (excludes halogenated alkanes) is 1. The number of aryl methyl sites for hydroxylation is 1. The average molecular weight is 476 g/mol. The lowest BCUT2D eigenvalue weighted by Gasteiger charge is -2.20. The smallest absolute Gasteiger partial charge is 0.191 e. The third-order valence-electron chi connectivity index (χ3n) is 4.31. The van der Waals surface area contributed by atoms with E-state index in [4.69, 9.17) is 4.74 Å². The molecule has 26 heavy (non-hydrogen) atoms. The first-order valence-corrected chi connectivity index (χ1v) is 9.33. The minimum Gasteiger partial charge on any atom is -0.496 e. The highest BCUT2D eigenvalue weighted by molar-refractivity contribution is 14.0. The van der Waals surface area contributed by atoms with Crippen molar-refractivity contribution >= 4 is 29.9 Å². The van der Waals surface area contributed by atoms with E-state index in [1.807, 2.05) is 0 Å². The molecular weight excluding hydrogens is 439 g/mol. The van der Waals surface area contributed by atoms with Crippen LogP contribution in [0.1, 0.15) is 44.7 Å². The largest absolute Gasteiger partial charge is 0.496 e. The van der Waals surface area contributed by atoms with Gasteiger partial charge >= 0.3 is 0 Å². The van der Waals surface area contributed by atoms with Gasteiger partial charge in [-0.15, -0.1) is 24.0 Å². The topological polar surface area (TPSA) is 48.9 Å². The zero-order valence-corrected chi connectivity index (χ0v) is 19.6. The fraction of sp³-hybridized carbons (Fsp3) is 0.650. The molecule has 1 aromatic rings. The number of hydrogen-bond acceptors (Lipinski definition) is 3. The molecule has 0 radical (unpaired) electrons. The predicted molar refractivity (Wildman–Crippen MR) is 123 cm³/mol. The Kier molecular flexibility index (Phi) is 13.5. The van der Waals surface area contributed by atoms with Crippen molar-refractivity contribution in [3.05, 3.63) is 29.3 Å². The van der Waals surface area contributed by atoms with E-state index in [-0.39, 0.29) is 24.0 Å². The molecular formula is C20H37IN4O. The molecule has 0 aliphatic heterocycles. The van der Waals surface area contributed by atoms with Crippen LogP contribution in [0, 0.1) is 6.92 Å². The molecule has 0 fully saturated rings. The Labute approximate surface area is 177 Å². The van der Waals surface area contributed by atoms with E-state index >= 15 is 0 Å². The van der Waals surface area contributed by atoms with Crippen LogP contribution in [0.25, 0.3) is 0 Å². The van der Waals surface area contributed by atoms with Crippen LogP contribution in [0.15, 0.2) is 23.2 Å². The number of nitrogens with one attached hydrogen (secondary N) is 2. The van der Waals surface area contributed by atoms with Gasteiger partial charge in [0.1, 0.15) is 5.75 Å². The van der Waals surface area contributed by atoms with E-state index in [0.717, 1.165) is 43.3 Å². The maximum Gasteiger partial charge on any atom is 0.191 e.